The summed E-state index contributed by atoms with van der Waals surface area (Å²) in [5.74, 6) is 3.80. The minimum absolute atomic E-state index is 0.618. The quantitative estimate of drug-likeness (QED) is 0.128. The number of fused-ring (bicyclic) bond motifs is 9. The van der Waals surface area contributed by atoms with E-state index in [0.29, 0.717) is 34.9 Å². The van der Waals surface area contributed by atoms with Gasteiger partial charge in [0.05, 0.1) is 22.1 Å². The van der Waals surface area contributed by atoms with E-state index in [2.05, 4.69) is 228 Å². The van der Waals surface area contributed by atoms with Gasteiger partial charge in [-0.05, 0) is 112 Å². The first-order chi connectivity index (χ1) is 46.1. The SMILES string of the molecule is c1ccc(-c2nc(-c3ccccc3)nc(-c3ccccc3-c3ccc4c(c3)c3ccc(-c5ccc6c7cc(-c8ccc9sc%10cccc(-c%11nc(-c%12ccccc%12)nc(-c%12ccccc%12)n%11)c%10c9c8)ccc7n(-c7ccccc7)c6c5)cc3n4-c3ccccc3)n2)cc1. The van der Waals surface area contributed by atoms with Crippen LogP contribution in [-0.2, 0) is 0 Å². The Bertz CT molecular complexity index is 5790. The smallest absolute Gasteiger partial charge is 0.164 e. The highest BCUT2D eigenvalue weighted by Gasteiger charge is 2.22. The molecule has 0 unspecified atom stereocenters. The Morgan fingerprint density at radius 3 is 1.04 bits per heavy atom. The Labute approximate surface area is 539 Å². The Morgan fingerprint density at radius 2 is 0.559 bits per heavy atom. The van der Waals surface area contributed by atoms with Gasteiger partial charge in [-0.2, -0.15) is 0 Å². The van der Waals surface area contributed by atoms with Gasteiger partial charge < -0.3 is 9.13 Å². The summed E-state index contributed by atoms with van der Waals surface area (Å²) in [6.45, 7) is 0. The van der Waals surface area contributed by atoms with Crippen molar-refractivity contribution < 1.29 is 0 Å². The van der Waals surface area contributed by atoms with Crippen LogP contribution in [0, 0.1) is 0 Å². The van der Waals surface area contributed by atoms with E-state index >= 15 is 0 Å². The number of para-hydroxylation sites is 2. The summed E-state index contributed by atoms with van der Waals surface area (Å²) in [5.41, 5.74) is 19.0. The van der Waals surface area contributed by atoms with Crippen LogP contribution in [0.3, 0.4) is 0 Å². The molecule has 0 aliphatic rings. The van der Waals surface area contributed by atoms with Gasteiger partial charge in [0.25, 0.3) is 0 Å². The first-order valence-electron chi connectivity index (χ1n) is 31.2. The fraction of sp³-hybridized carbons (Fsp3) is 0. The summed E-state index contributed by atoms with van der Waals surface area (Å²) in [6.07, 6.45) is 0. The van der Waals surface area contributed by atoms with Gasteiger partial charge in [-0.25, -0.2) is 29.9 Å². The molecule has 8 nitrogen and oxygen atoms in total. The Hall–Kier alpha value is -12.3. The fourth-order valence-electron chi connectivity index (χ4n) is 13.4. The molecule has 9 heteroatoms. The van der Waals surface area contributed by atoms with Gasteiger partial charge in [0.1, 0.15) is 0 Å². The molecule has 0 saturated heterocycles. The Balaban J connectivity index is 0.752. The van der Waals surface area contributed by atoms with Crippen LogP contribution in [0.5, 0.6) is 0 Å². The molecule has 13 aromatic carbocycles. The number of benzene rings is 13. The maximum atomic E-state index is 5.18. The first kappa shape index (κ1) is 53.7. The molecule has 0 atom stereocenters. The summed E-state index contributed by atoms with van der Waals surface area (Å²) in [4.78, 5) is 30.7. The Morgan fingerprint density at radius 1 is 0.204 bits per heavy atom. The minimum Gasteiger partial charge on any atom is -0.309 e. The molecule has 0 spiro atoms. The van der Waals surface area contributed by atoms with E-state index in [1.807, 2.05) is 97.1 Å². The third-order valence-corrected chi connectivity index (χ3v) is 19.0. The number of rotatable bonds is 11. The molecular formula is C84H52N8S. The van der Waals surface area contributed by atoms with Crippen molar-refractivity contribution >= 4 is 75.1 Å². The predicted molar refractivity (Wildman–Crippen MR) is 384 cm³/mol. The van der Waals surface area contributed by atoms with Crippen LogP contribution >= 0.6 is 11.3 Å². The van der Waals surface area contributed by atoms with Crippen molar-refractivity contribution in [3.8, 4) is 113 Å². The van der Waals surface area contributed by atoms with Gasteiger partial charge in [-0.1, -0.05) is 237 Å². The van der Waals surface area contributed by atoms with Gasteiger partial charge >= 0.3 is 0 Å². The lowest BCUT2D eigenvalue weighted by Gasteiger charge is -2.12. The fourth-order valence-corrected chi connectivity index (χ4v) is 14.6. The molecule has 93 heavy (non-hydrogen) atoms. The lowest BCUT2D eigenvalue weighted by atomic mass is 9.97. The highest BCUT2D eigenvalue weighted by atomic mass is 32.1. The number of thiophene rings is 1. The molecule has 0 amide bonds. The van der Waals surface area contributed by atoms with Crippen LogP contribution in [0.25, 0.3) is 177 Å². The second-order valence-corrected chi connectivity index (χ2v) is 24.5. The van der Waals surface area contributed by atoms with E-state index in [1.54, 1.807) is 11.3 Å². The summed E-state index contributed by atoms with van der Waals surface area (Å²) in [7, 11) is 0. The standard InChI is InChI=1S/C84H52N8S/c1-7-22-53(23-8-1)79-85-80(54-24-9-2-10-25-54)88-83(87-79)67-35-20-19-34-64(67)61-41-46-73-70(50-61)66-44-39-60(52-75(66)92(73)63-32-17-6-18-33-63)59-38-43-65-69-48-57(40-45-72(69)91(74(65)51-59)62-30-15-5-16-31-62)58-42-47-76-71(49-58)78-68(36-21-37-77(78)93-76)84-89-81(55-26-11-3-12-27-55)86-82(90-84)56-28-13-4-14-29-56/h1-52H. The zero-order valence-electron chi connectivity index (χ0n) is 50.0. The number of hydrogen-bond donors (Lipinski definition) is 0. The summed E-state index contributed by atoms with van der Waals surface area (Å²) < 4.78 is 7.21. The normalized spacial score (nSPS) is 11.7. The topological polar surface area (TPSA) is 87.2 Å². The summed E-state index contributed by atoms with van der Waals surface area (Å²) >= 11 is 1.80. The van der Waals surface area contributed by atoms with E-state index in [0.717, 1.165) is 116 Å². The van der Waals surface area contributed by atoms with Gasteiger partial charge in [0, 0.05) is 86.5 Å². The average molecular weight is 1210 g/mol. The van der Waals surface area contributed by atoms with Crippen LogP contribution in [0.2, 0.25) is 0 Å². The highest BCUT2D eigenvalue weighted by Crippen LogP contribution is 2.45. The molecule has 18 aromatic rings. The summed E-state index contributed by atoms with van der Waals surface area (Å²) in [6, 6.07) is 112. The minimum atomic E-state index is 0.618. The average Bonchev–Trinajstić information content (AvgIpc) is 1.63. The van der Waals surface area contributed by atoms with Gasteiger partial charge in [-0.3, -0.25) is 0 Å². The van der Waals surface area contributed by atoms with Crippen molar-refractivity contribution in [2.75, 3.05) is 0 Å². The van der Waals surface area contributed by atoms with Crippen molar-refractivity contribution in [1.29, 1.82) is 0 Å². The second kappa shape index (κ2) is 22.3. The number of aromatic nitrogens is 8. The van der Waals surface area contributed by atoms with Crippen LogP contribution in [0.15, 0.2) is 315 Å². The van der Waals surface area contributed by atoms with Crippen molar-refractivity contribution in [2.45, 2.75) is 0 Å². The third kappa shape index (κ3) is 9.45. The molecule has 0 saturated carbocycles. The molecule has 5 heterocycles. The monoisotopic (exact) mass is 1200 g/mol. The van der Waals surface area contributed by atoms with Crippen LogP contribution in [-0.4, -0.2) is 39.0 Å². The molecule has 0 bridgehead atoms. The zero-order chi connectivity index (χ0) is 61.3. The second-order valence-electron chi connectivity index (χ2n) is 23.4. The third-order valence-electron chi connectivity index (χ3n) is 17.8. The first-order valence-corrected chi connectivity index (χ1v) is 32.0. The van der Waals surface area contributed by atoms with Gasteiger partial charge in [0.15, 0.2) is 34.9 Å². The molecule has 0 N–H and O–H groups in total. The highest BCUT2D eigenvalue weighted by molar-refractivity contribution is 7.26. The molecule has 434 valence electrons. The number of nitrogens with zero attached hydrogens (tertiary/aromatic N) is 8. The molecule has 0 aliphatic heterocycles. The van der Waals surface area contributed by atoms with E-state index in [1.165, 1.54) is 25.6 Å². The Kier molecular flexibility index (Phi) is 12.9. The van der Waals surface area contributed by atoms with Crippen LogP contribution in [0.1, 0.15) is 0 Å². The van der Waals surface area contributed by atoms with Crippen LogP contribution < -0.4 is 0 Å². The van der Waals surface area contributed by atoms with Crippen molar-refractivity contribution in [1.82, 2.24) is 39.0 Å². The maximum Gasteiger partial charge on any atom is 0.164 e. The molecular weight excluding hydrogens is 1150 g/mol. The van der Waals surface area contributed by atoms with E-state index in [9.17, 15) is 0 Å². The molecule has 0 fully saturated rings. The van der Waals surface area contributed by atoms with E-state index < -0.39 is 0 Å². The van der Waals surface area contributed by atoms with Crippen molar-refractivity contribution in [3.63, 3.8) is 0 Å². The molecule has 0 aliphatic carbocycles. The van der Waals surface area contributed by atoms with E-state index in [-0.39, 0.29) is 0 Å². The predicted octanol–water partition coefficient (Wildman–Crippen LogP) is 21.6. The van der Waals surface area contributed by atoms with Crippen LogP contribution in [0.4, 0.5) is 0 Å². The zero-order valence-corrected chi connectivity index (χ0v) is 50.8. The molecule has 18 rings (SSSR count). The van der Waals surface area contributed by atoms with E-state index in [4.69, 9.17) is 29.9 Å². The summed E-state index contributed by atoms with van der Waals surface area (Å²) in [5, 5.41) is 6.98. The van der Waals surface area contributed by atoms with Crippen molar-refractivity contribution in [2.24, 2.45) is 0 Å². The maximum absolute atomic E-state index is 5.18. The lowest BCUT2D eigenvalue weighted by molar-refractivity contribution is 1.07. The molecule has 0 radical (unpaired) electrons. The van der Waals surface area contributed by atoms with Crippen molar-refractivity contribution in [3.05, 3.63) is 315 Å². The van der Waals surface area contributed by atoms with Gasteiger partial charge in [0.2, 0.25) is 0 Å². The number of hydrogen-bond acceptors (Lipinski definition) is 7. The largest absolute Gasteiger partial charge is 0.309 e. The van der Waals surface area contributed by atoms with Gasteiger partial charge in [-0.15, -0.1) is 11.3 Å². The lowest BCUT2D eigenvalue weighted by Crippen LogP contribution is -2.01. The molecule has 5 aromatic heterocycles.